The van der Waals surface area contributed by atoms with Crippen LogP contribution < -0.4 is 4.74 Å². The van der Waals surface area contributed by atoms with Crippen LogP contribution in [0.3, 0.4) is 0 Å². The molecule has 140 valence electrons. The van der Waals surface area contributed by atoms with Gasteiger partial charge in [0.2, 0.25) is 0 Å². The normalized spacial score (nSPS) is 14.4. The summed E-state index contributed by atoms with van der Waals surface area (Å²) in [5.41, 5.74) is 2.56. The Morgan fingerprint density at radius 1 is 1.41 bits per heavy atom. The number of aryl methyl sites for hydroxylation is 1. The molecule has 4 rings (SSSR count). The second-order valence-corrected chi connectivity index (χ2v) is 7.82. The molecule has 8 heteroatoms. The number of rotatable bonds is 4. The summed E-state index contributed by atoms with van der Waals surface area (Å²) >= 11 is 1.67. The van der Waals surface area contributed by atoms with E-state index >= 15 is 0 Å². The van der Waals surface area contributed by atoms with Crippen LogP contribution in [0, 0.1) is 6.92 Å². The van der Waals surface area contributed by atoms with Gasteiger partial charge >= 0.3 is 5.97 Å². The van der Waals surface area contributed by atoms with E-state index in [1.54, 1.807) is 23.6 Å². The first-order valence-electron chi connectivity index (χ1n) is 8.54. The van der Waals surface area contributed by atoms with Crippen molar-refractivity contribution in [2.75, 3.05) is 13.2 Å². The van der Waals surface area contributed by atoms with Crippen LogP contribution in [0.2, 0.25) is 0 Å². The van der Waals surface area contributed by atoms with Gasteiger partial charge in [-0.3, -0.25) is 10.00 Å². The first kappa shape index (κ1) is 17.6. The molecule has 3 N–H and O–H groups in total. The summed E-state index contributed by atoms with van der Waals surface area (Å²) in [6.45, 7) is 4.06. The Bertz CT molecular complexity index is 995. The van der Waals surface area contributed by atoms with Crippen LogP contribution in [0.1, 0.15) is 26.5 Å². The zero-order valence-electron chi connectivity index (χ0n) is 14.7. The molecule has 27 heavy (non-hydrogen) atoms. The molecule has 0 amide bonds. The average molecular weight is 385 g/mol. The Balaban J connectivity index is 1.63. The van der Waals surface area contributed by atoms with Gasteiger partial charge in [0.05, 0.1) is 6.20 Å². The van der Waals surface area contributed by atoms with E-state index in [0.29, 0.717) is 37.6 Å². The Morgan fingerprint density at radius 3 is 3.00 bits per heavy atom. The zero-order chi connectivity index (χ0) is 19.0. The van der Waals surface area contributed by atoms with Crippen molar-refractivity contribution in [3.05, 3.63) is 52.2 Å². The van der Waals surface area contributed by atoms with Crippen LogP contribution in [0.4, 0.5) is 0 Å². The lowest BCUT2D eigenvalue weighted by Gasteiger charge is -2.19. The van der Waals surface area contributed by atoms with Gasteiger partial charge in [-0.15, -0.1) is 11.3 Å². The lowest BCUT2D eigenvalue weighted by Crippen LogP contribution is -2.26. The molecule has 1 aliphatic rings. The highest BCUT2D eigenvalue weighted by molar-refractivity contribution is 7.15. The van der Waals surface area contributed by atoms with E-state index in [4.69, 9.17) is 4.74 Å². The molecule has 7 nitrogen and oxygen atoms in total. The second kappa shape index (κ2) is 7.05. The first-order valence-corrected chi connectivity index (χ1v) is 9.36. The quantitative estimate of drug-likeness (QED) is 0.638. The van der Waals surface area contributed by atoms with Crippen LogP contribution in [0.25, 0.3) is 10.4 Å². The molecule has 1 aromatic carbocycles. The molecule has 0 aliphatic carbocycles. The Hall–Kier alpha value is -2.84. The summed E-state index contributed by atoms with van der Waals surface area (Å²) in [5.74, 6) is -0.396. The number of phenolic OH excluding ortho intramolecular Hbond substituents is 1. The maximum atomic E-state index is 11.3. The van der Waals surface area contributed by atoms with Gasteiger partial charge in [0, 0.05) is 40.5 Å². The number of aromatic nitrogens is 2. The molecule has 2 aromatic heterocycles. The van der Waals surface area contributed by atoms with E-state index in [1.807, 2.05) is 19.1 Å². The summed E-state index contributed by atoms with van der Waals surface area (Å²) in [4.78, 5) is 15.7. The maximum Gasteiger partial charge on any atom is 0.354 e. The van der Waals surface area contributed by atoms with Gasteiger partial charge < -0.3 is 14.9 Å². The predicted molar refractivity (Wildman–Crippen MR) is 101 cm³/mol. The Labute approximate surface area is 159 Å². The average Bonchev–Trinajstić information content (AvgIpc) is 3.20. The van der Waals surface area contributed by atoms with E-state index in [1.165, 1.54) is 4.88 Å². The number of aromatic carboxylic acids is 1. The van der Waals surface area contributed by atoms with Crippen LogP contribution in [0.5, 0.6) is 11.5 Å². The number of carbonyl (C=O) groups is 1. The molecule has 0 unspecified atom stereocenters. The largest absolute Gasteiger partial charge is 0.504 e. The number of thiophene rings is 1. The van der Waals surface area contributed by atoms with Gasteiger partial charge in [0.15, 0.2) is 11.5 Å². The molecule has 0 radical (unpaired) electrons. The fourth-order valence-electron chi connectivity index (χ4n) is 3.28. The highest BCUT2D eigenvalue weighted by Gasteiger charge is 2.22. The molecule has 0 fully saturated rings. The van der Waals surface area contributed by atoms with Crippen LogP contribution >= 0.6 is 11.3 Å². The predicted octanol–water partition coefficient (Wildman–Crippen LogP) is 3.25. The molecule has 3 heterocycles. The highest BCUT2D eigenvalue weighted by atomic mass is 32.1. The fraction of sp³-hybridized carbons (Fsp3) is 0.263. The first-order chi connectivity index (χ1) is 13.0. The van der Waals surface area contributed by atoms with Gasteiger partial charge in [0.1, 0.15) is 12.3 Å². The van der Waals surface area contributed by atoms with Crippen LogP contribution in [-0.2, 0) is 13.1 Å². The smallest absolute Gasteiger partial charge is 0.354 e. The number of carboxylic acids is 1. The van der Waals surface area contributed by atoms with Gasteiger partial charge in [-0.1, -0.05) is 0 Å². The van der Waals surface area contributed by atoms with Crippen molar-refractivity contribution in [2.45, 2.75) is 20.0 Å². The van der Waals surface area contributed by atoms with Crippen molar-refractivity contribution >= 4 is 17.3 Å². The lowest BCUT2D eigenvalue weighted by atomic mass is 10.1. The molecular weight excluding hydrogens is 366 g/mol. The molecule has 0 bridgehead atoms. The number of aromatic hydroxyl groups is 1. The summed E-state index contributed by atoms with van der Waals surface area (Å²) in [6.07, 6.45) is 1.54. The Kier molecular flexibility index (Phi) is 4.59. The third-order valence-electron chi connectivity index (χ3n) is 4.54. The highest BCUT2D eigenvalue weighted by Crippen LogP contribution is 2.39. The van der Waals surface area contributed by atoms with E-state index < -0.39 is 5.97 Å². The third-order valence-corrected chi connectivity index (χ3v) is 5.59. The third kappa shape index (κ3) is 3.54. The van der Waals surface area contributed by atoms with Crippen molar-refractivity contribution in [1.82, 2.24) is 15.1 Å². The molecule has 0 saturated carbocycles. The van der Waals surface area contributed by atoms with Gasteiger partial charge in [0.25, 0.3) is 0 Å². The van der Waals surface area contributed by atoms with Crippen molar-refractivity contribution in [3.8, 4) is 21.9 Å². The second-order valence-electron chi connectivity index (χ2n) is 6.53. The number of hydrogen-bond acceptors (Lipinski definition) is 6. The Morgan fingerprint density at radius 2 is 2.26 bits per heavy atom. The number of nitrogens with zero attached hydrogens (tertiary/aromatic N) is 2. The lowest BCUT2D eigenvalue weighted by molar-refractivity contribution is 0.0688. The molecule has 1 aliphatic heterocycles. The van der Waals surface area contributed by atoms with Crippen LogP contribution in [0.15, 0.2) is 30.5 Å². The number of carboxylic acid groups (broad SMARTS) is 1. The SMILES string of the molecule is Cc1ccc(-c2cc(O)c3c(c2)CN(Cc2cn[nH]c2C(=O)O)CCO3)s1. The molecular formula is C19H19N3O4S. The van der Waals surface area contributed by atoms with Crippen molar-refractivity contribution < 1.29 is 19.7 Å². The number of phenols is 1. The topological polar surface area (TPSA) is 98.7 Å². The summed E-state index contributed by atoms with van der Waals surface area (Å²) in [7, 11) is 0. The van der Waals surface area contributed by atoms with Crippen molar-refractivity contribution in [2.24, 2.45) is 0 Å². The van der Waals surface area contributed by atoms with Gasteiger partial charge in [-0.05, 0) is 36.8 Å². The molecule has 0 saturated heterocycles. The van der Waals surface area contributed by atoms with Gasteiger partial charge in [-0.2, -0.15) is 5.10 Å². The minimum absolute atomic E-state index is 0.103. The monoisotopic (exact) mass is 385 g/mol. The number of aromatic amines is 1. The minimum atomic E-state index is -1.03. The molecule has 3 aromatic rings. The summed E-state index contributed by atoms with van der Waals surface area (Å²) in [6, 6.07) is 7.86. The summed E-state index contributed by atoms with van der Waals surface area (Å²) in [5, 5.41) is 26.1. The number of fused-ring (bicyclic) bond motifs is 1. The van der Waals surface area contributed by atoms with Crippen molar-refractivity contribution in [3.63, 3.8) is 0 Å². The zero-order valence-corrected chi connectivity index (χ0v) is 15.5. The number of hydrogen-bond donors (Lipinski definition) is 3. The summed E-state index contributed by atoms with van der Waals surface area (Å²) < 4.78 is 5.77. The fourth-order valence-corrected chi connectivity index (χ4v) is 4.13. The van der Waals surface area contributed by atoms with E-state index in [0.717, 1.165) is 16.0 Å². The molecule has 0 spiro atoms. The number of H-pyrrole nitrogens is 1. The standard InChI is InChI=1S/C19H19N3O4S/c1-11-2-3-16(27-11)12-6-13-9-22(4-5-26-18(13)15(23)7-12)10-14-8-20-21-17(14)19(24)25/h2-3,6-8,23H,4-5,9-10H2,1H3,(H,20,21)(H,24,25). The van der Waals surface area contributed by atoms with Crippen molar-refractivity contribution in [1.29, 1.82) is 0 Å². The van der Waals surface area contributed by atoms with E-state index in [9.17, 15) is 15.0 Å². The van der Waals surface area contributed by atoms with E-state index in [-0.39, 0.29) is 11.4 Å². The maximum absolute atomic E-state index is 11.3. The number of nitrogens with one attached hydrogen (secondary N) is 1. The van der Waals surface area contributed by atoms with Gasteiger partial charge in [-0.25, -0.2) is 4.79 Å². The van der Waals surface area contributed by atoms with E-state index in [2.05, 4.69) is 21.2 Å². The molecule has 0 atom stereocenters. The number of ether oxygens (including phenoxy) is 1. The number of benzene rings is 1. The minimum Gasteiger partial charge on any atom is -0.504 e. The van der Waals surface area contributed by atoms with Crippen LogP contribution in [-0.4, -0.2) is 44.4 Å².